The number of Topliss-reactive ketones (excluding diaryl/α,β-unsaturated/α-hetero) is 2. The second-order valence-corrected chi connectivity index (χ2v) is 7.03. The molecule has 1 aromatic carbocycles. The number of rotatable bonds is 5. The predicted octanol–water partition coefficient (Wildman–Crippen LogP) is 1.13. The first-order chi connectivity index (χ1) is 12.4. The fourth-order valence-electron chi connectivity index (χ4n) is 3.79. The van der Waals surface area contributed by atoms with E-state index in [2.05, 4.69) is 9.88 Å². The number of ketones is 2. The monoisotopic (exact) mass is 356 g/mol. The van der Waals surface area contributed by atoms with Crippen molar-refractivity contribution in [2.75, 3.05) is 37.6 Å². The minimum absolute atomic E-state index is 0.00911. The highest BCUT2D eigenvalue weighted by Crippen LogP contribution is 2.19. The summed E-state index contributed by atoms with van der Waals surface area (Å²) in [6.07, 6.45) is 0. The van der Waals surface area contributed by atoms with Crippen molar-refractivity contribution < 1.29 is 19.6 Å². The fourth-order valence-corrected chi connectivity index (χ4v) is 3.79. The number of aryl methyl sites for hydroxylation is 1. The summed E-state index contributed by atoms with van der Waals surface area (Å²) in [5.41, 5.74) is 3.84. The largest absolute Gasteiger partial charge is 0.508 e. The van der Waals surface area contributed by atoms with E-state index in [1.54, 1.807) is 12.1 Å². The Morgan fingerprint density at radius 1 is 1.15 bits per heavy atom. The smallest absolute Gasteiger partial charge is 0.233 e. The molecule has 1 aliphatic rings. The van der Waals surface area contributed by atoms with Crippen LogP contribution < -0.4 is 9.80 Å². The zero-order chi connectivity index (χ0) is 18.8. The molecule has 2 aromatic rings. The van der Waals surface area contributed by atoms with Gasteiger partial charge in [0.05, 0.1) is 31.9 Å². The predicted molar refractivity (Wildman–Crippen MR) is 100 cm³/mol. The Morgan fingerprint density at radius 2 is 1.77 bits per heavy atom. The third-order valence-electron chi connectivity index (χ3n) is 5.16. The van der Waals surface area contributed by atoms with Gasteiger partial charge in [-0.3, -0.25) is 9.59 Å². The molecule has 0 aliphatic carbocycles. The van der Waals surface area contributed by atoms with Crippen LogP contribution in [-0.2, 0) is 0 Å². The van der Waals surface area contributed by atoms with E-state index in [1.807, 2.05) is 26.0 Å². The van der Waals surface area contributed by atoms with Crippen LogP contribution in [0.2, 0.25) is 0 Å². The number of phenols is 1. The van der Waals surface area contributed by atoms with Gasteiger partial charge >= 0.3 is 0 Å². The Kier molecular flexibility index (Phi) is 5.13. The second kappa shape index (κ2) is 7.33. The van der Waals surface area contributed by atoms with Gasteiger partial charge < -0.3 is 19.9 Å². The molecule has 1 aliphatic heterocycles. The highest BCUT2D eigenvalue weighted by Gasteiger charge is 2.26. The fraction of sp³-hybridized carbons (Fsp3) is 0.400. The van der Waals surface area contributed by atoms with Gasteiger partial charge in [0.2, 0.25) is 5.78 Å². The van der Waals surface area contributed by atoms with E-state index < -0.39 is 0 Å². The molecule has 26 heavy (non-hydrogen) atoms. The number of hydrogen-bond donors (Lipinski definition) is 3. The van der Waals surface area contributed by atoms with Gasteiger partial charge in [0.1, 0.15) is 12.3 Å². The summed E-state index contributed by atoms with van der Waals surface area (Å²) < 4.78 is 0. The number of aromatic amines is 1. The summed E-state index contributed by atoms with van der Waals surface area (Å²) in [6, 6.07) is 7.22. The van der Waals surface area contributed by atoms with Crippen LogP contribution in [0.5, 0.6) is 5.75 Å². The second-order valence-electron chi connectivity index (χ2n) is 7.03. The Morgan fingerprint density at radius 3 is 2.31 bits per heavy atom. The number of nitrogens with zero attached hydrogens (tertiary/aromatic N) is 1. The molecule has 0 atom stereocenters. The maximum absolute atomic E-state index is 12.7. The van der Waals surface area contributed by atoms with E-state index in [0.29, 0.717) is 17.8 Å². The van der Waals surface area contributed by atoms with Gasteiger partial charge in [-0.25, -0.2) is 0 Å². The topological polar surface area (TPSA) is 77.8 Å². The van der Waals surface area contributed by atoms with E-state index in [0.717, 1.165) is 43.1 Å². The van der Waals surface area contributed by atoms with E-state index >= 15 is 0 Å². The number of hydrogen-bond acceptors (Lipinski definition) is 4. The molecule has 0 spiro atoms. The van der Waals surface area contributed by atoms with Crippen LogP contribution in [0.25, 0.3) is 0 Å². The quantitative estimate of drug-likeness (QED) is 0.702. The van der Waals surface area contributed by atoms with E-state index in [1.165, 1.54) is 11.8 Å². The lowest BCUT2D eigenvalue weighted by atomic mass is 10.1. The third-order valence-corrected chi connectivity index (χ3v) is 5.16. The van der Waals surface area contributed by atoms with Crippen molar-refractivity contribution in [1.29, 1.82) is 0 Å². The minimum Gasteiger partial charge on any atom is -0.508 e. The Hall–Kier alpha value is -2.60. The summed E-state index contributed by atoms with van der Waals surface area (Å²) >= 11 is 0. The molecule has 3 N–H and O–H groups in total. The van der Waals surface area contributed by atoms with Crippen LogP contribution in [0.1, 0.15) is 39.0 Å². The molecular weight excluding hydrogens is 330 g/mol. The molecule has 0 saturated carbocycles. The van der Waals surface area contributed by atoms with Gasteiger partial charge in [0.15, 0.2) is 5.78 Å². The maximum atomic E-state index is 12.7. The first-order valence-corrected chi connectivity index (χ1v) is 8.97. The summed E-state index contributed by atoms with van der Waals surface area (Å²) in [5.74, 6) is 0.321. The highest BCUT2D eigenvalue weighted by molar-refractivity contribution is 6.03. The van der Waals surface area contributed by atoms with Crippen LogP contribution in [0.3, 0.4) is 0 Å². The van der Waals surface area contributed by atoms with Gasteiger partial charge in [-0.05, 0) is 50.6 Å². The van der Waals surface area contributed by atoms with Crippen molar-refractivity contribution in [3.05, 3.63) is 46.8 Å². The number of quaternary nitrogens is 1. The SMILES string of the molecule is CC(=O)c1c(C)[nH]c(C(=O)C[NH+]2CCN(c3ccc(O)cc3)CC2)c1C. The summed E-state index contributed by atoms with van der Waals surface area (Å²) in [6.45, 7) is 9.14. The Labute approximate surface area is 153 Å². The Bertz CT molecular complexity index is 816. The summed E-state index contributed by atoms with van der Waals surface area (Å²) in [7, 11) is 0. The average Bonchev–Trinajstić information content (AvgIpc) is 2.91. The molecule has 1 saturated heterocycles. The van der Waals surface area contributed by atoms with Gasteiger partial charge in [-0.1, -0.05) is 0 Å². The first kappa shape index (κ1) is 18.2. The summed E-state index contributed by atoms with van der Waals surface area (Å²) in [4.78, 5) is 31.1. The number of anilines is 1. The van der Waals surface area contributed by atoms with Crippen molar-refractivity contribution in [2.24, 2.45) is 0 Å². The van der Waals surface area contributed by atoms with E-state index in [-0.39, 0.29) is 17.3 Å². The number of benzene rings is 1. The average molecular weight is 356 g/mol. The molecular formula is C20H26N3O3+. The number of aromatic hydroxyl groups is 1. The number of carbonyl (C=O) groups is 2. The van der Waals surface area contributed by atoms with Crippen molar-refractivity contribution in [1.82, 2.24) is 4.98 Å². The molecule has 2 heterocycles. The molecule has 0 bridgehead atoms. The lowest BCUT2D eigenvalue weighted by molar-refractivity contribution is -0.892. The molecule has 0 amide bonds. The molecule has 138 valence electrons. The molecule has 6 nitrogen and oxygen atoms in total. The minimum atomic E-state index is -0.00911. The highest BCUT2D eigenvalue weighted by atomic mass is 16.3. The third kappa shape index (κ3) is 3.65. The van der Waals surface area contributed by atoms with Crippen LogP contribution in [0, 0.1) is 13.8 Å². The van der Waals surface area contributed by atoms with Crippen LogP contribution in [0.15, 0.2) is 24.3 Å². The Balaban J connectivity index is 1.61. The number of aromatic nitrogens is 1. The van der Waals surface area contributed by atoms with Crippen molar-refractivity contribution in [3.63, 3.8) is 0 Å². The zero-order valence-corrected chi connectivity index (χ0v) is 15.6. The van der Waals surface area contributed by atoms with Gasteiger partial charge in [0.25, 0.3) is 0 Å². The van der Waals surface area contributed by atoms with Crippen molar-refractivity contribution >= 4 is 17.3 Å². The van der Waals surface area contributed by atoms with Crippen LogP contribution in [0.4, 0.5) is 5.69 Å². The molecule has 1 aromatic heterocycles. The molecule has 1 fully saturated rings. The van der Waals surface area contributed by atoms with E-state index in [4.69, 9.17) is 0 Å². The normalized spacial score (nSPS) is 15.3. The molecule has 0 radical (unpaired) electrons. The van der Waals surface area contributed by atoms with Crippen LogP contribution >= 0.6 is 0 Å². The lowest BCUT2D eigenvalue weighted by Gasteiger charge is -2.33. The molecule has 0 unspecified atom stereocenters. The van der Waals surface area contributed by atoms with Gasteiger partial charge in [-0.2, -0.15) is 0 Å². The van der Waals surface area contributed by atoms with Gasteiger partial charge in [-0.15, -0.1) is 0 Å². The molecule has 3 rings (SSSR count). The lowest BCUT2D eigenvalue weighted by Crippen LogP contribution is -3.15. The number of phenolic OH excluding ortho intramolecular Hbond substituents is 1. The zero-order valence-electron chi connectivity index (χ0n) is 15.6. The first-order valence-electron chi connectivity index (χ1n) is 8.97. The summed E-state index contributed by atoms with van der Waals surface area (Å²) in [5, 5.41) is 9.40. The number of piperazine rings is 1. The van der Waals surface area contributed by atoms with Crippen LogP contribution in [-0.4, -0.2) is 54.4 Å². The number of carbonyl (C=O) groups excluding carboxylic acids is 2. The molecule has 6 heteroatoms. The number of H-pyrrole nitrogens is 1. The number of nitrogens with one attached hydrogen (secondary N) is 2. The van der Waals surface area contributed by atoms with Crippen molar-refractivity contribution in [3.8, 4) is 5.75 Å². The maximum Gasteiger partial charge on any atom is 0.233 e. The standard InChI is InChI=1S/C20H25N3O3/c1-13-19(15(3)24)14(2)21-20(13)18(26)12-22-8-10-23(11-9-22)16-4-6-17(25)7-5-16/h4-7,21,25H,8-12H2,1-3H3/p+1. The van der Waals surface area contributed by atoms with Gasteiger partial charge in [0, 0.05) is 16.9 Å². The van der Waals surface area contributed by atoms with Crippen molar-refractivity contribution in [2.45, 2.75) is 20.8 Å². The van der Waals surface area contributed by atoms with E-state index in [9.17, 15) is 14.7 Å².